The zero-order chi connectivity index (χ0) is 13.2. The lowest BCUT2D eigenvalue weighted by Crippen LogP contribution is -2.30. The highest BCUT2D eigenvalue weighted by atomic mass is 16.5. The van der Waals surface area contributed by atoms with Crippen molar-refractivity contribution in [3.63, 3.8) is 0 Å². The van der Waals surface area contributed by atoms with E-state index in [9.17, 15) is 0 Å². The van der Waals surface area contributed by atoms with Crippen LogP contribution in [0.5, 0.6) is 5.75 Å². The van der Waals surface area contributed by atoms with E-state index < -0.39 is 0 Å². The van der Waals surface area contributed by atoms with Gasteiger partial charge >= 0.3 is 0 Å². The Morgan fingerprint density at radius 3 is 2.79 bits per heavy atom. The molecule has 1 aliphatic rings. The fourth-order valence-electron chi connectivity index (χ4n) is 2.86. The molecule has 0 radical (unpaired) electrons. The number of nitrogens with one attached hydrogen (secondary N) is 1. The Labute approximate surface area is 114 Å². The Hall–Kier alpha value is -1.80. The van der Waals surface area contributed by atoms with Crippen LogP contribution in [0.15, 0.2) is 42.5 Å². The first kappa shape index (κ1) is 12.2. The van der Waals surface area contributed by atoms with Gasteiger partial charge in [-0.3, -0.25) is 0 Å². The number of ether oxygens (including phenoxy) is 1. The summed E-state index contributed by atoms with van der Waals surface area (Å²) in [6.45, 7) is 3.14. The molecule has 2 nitrogen and oxygen atoms in total. The smallest absolute Gasteiger partial charge is 0.123 e. The lowest BCUT2D eigenvalue weighted by molar-refractivity contribution is 0.402. The Kier molecular flexibility index (Phi) is 3.26. The van der Waals surface area contributed by atoms with Gasteiger partial charge in [-0.25, -0.2) is 0 Å². The second kappa shape index (κ2) is 5.06. The molecule has 0 spiro atoms. The molecule has 0 amide bonds. The maximum absolute atomic E-state index is 5.53. The van der Waals surface area contributed by atoms with Gasteiger partial charge in [-0.2, -0.15) is 0 Å². The van der Waals surface area contributed by atoms with Gasteiger partial charge in [0.25, 0.3) is 0 Å². The van der Waals surface area contributed by atoms with Crippen molar-refractivity contribution in [1.29, 1.82) is 0 Å². The van der Waals surface area contributed by atoms with E-state index in [1.54, 1.807) is 7.11 Å². The monoisotopic (exact) mass is 253 g/mol. The highest BCUT2D eigenvalue weighted by molar-refractivity contribution is 5.46. The van der Waals surface area contributed by atoms with Crippen LogP contribution in [0.25, 0.3) is 0 Å². The van der Waals surface area contributed by atoms with Crippen molar-refractivity contribution in [1.82, 2.24) is 5.32 Å². The summed E-state index contributed by atoms with van der Waals surface area (Å²) in [6.07, 6.45) is 1.10. The fourth-order valence-corrected chi connectivity index (χ4v) is 2.86. The van der Waals surface area contributed by atoms with E-state index in [1.165, 1.54) is 22.3 Å². The topological polar surface area (TPSA) is 21.3 Å². The van der Waals surface area contributed by atoms with Crippen LogP contribution >= 0.6 is 0 Å². The molecule has 0 saturated carbocycles. The summed E-state index contributed by atoms with van der Waals surface area (Å²) in [5.41, 5.74) is 5.31. The lowest BCUT2D eigenvalue weighted by atomic mass is 9.89. The van der Waals surface area contributed by atoms with Gasteiger partial charge in [0.15, 0.2) is 0 Å². The quantitative estimate of drug-likeness (QED) is 0.887. The average Bonchev–Trinajstić information content (AvgIpc) is 2.46. The SMILES string of the molecule is COc1ccc(C)cc1C1NCCc2ccccc21. The molecule has 3 rings (SSSR count). The van der Waals surface area contributed by atoms with Crippen LogP contribution in [0.3, 0.4) is 0 Å². The highest BCUT2D eigenvalue weighted by Crippen LogP contribution is 2.34. The molecule has 98 valence electrons. The molecule has 1 atom stereocenters. The van der Waals surface area contributed by atoms with E-state index >= 15 is 0 Å². The third-order valence-corrected chi connectivity index (χ3v) is 3.81. The van der Waals surface area contributed by atoms with E-state index in [1.807, 2.05) is 0 Å². The number of hydrogen-bond donors (Lipinski definition) is 1. The second-order valence-corrected chi connectivity index (χ2v) is 5.08. The maximum Gasteiger partial charge on any atom is 0.123 e. The van der Waals surface area contributed by atoms with Crippen molar-refractivity contribution in [3.05, 3.63) is 64.7 Å². The minimum atomic E-state index is 0.236. The molecule has 1 unspecified atom stereocenters. The van der Waals surface area contributed by atoms with Crippen molar-refractivity contribution >= 4 is 0 Å². The maximum atomic E-state index is 5.53. The Morgan fingerprint density at radius 1 is 1.11 bits per heavy atom. The molecule has 0 aromatic heterocycles. The fraction of sp³-hybridized carbons (Fsp3) is 0.294. The van der Waals surface area contributed by atoms with E-state index in [-0.39, 0.29) is 6.04 Å². The van der Waals surface area contributed by atoms with Crippen LogP contribution in [0.4, 0.5) is 0 Å². The summed E-state index contributed by atoms with van der Waals surface area (Å²) in [4.78, 5) is 0. The van der Waals surface area contributed by atoms with Gasteiger partial charge in [0, 0.05) is 12.1 Å². The van der Waals surface area contributed by atoms with Crippen molar-refractivity contribution in [2.75, 3.05) is 13.7 Å². The van der Waals surface area contributed by atoms with Crippen LogP contribution in [0.2, 0.25) is 0 Å². The minimum absolute atomic E-state index is 0.236. The van der Waals surface area contributed by atoms with Crippen LogP contribution in [-0.2, 0) is 6.42 Å². The van der Waals surface area contributed by atoms with Gasteiger partial charge in [0.05, 0.1) is 13.2 Å². The van der Waals surface area contributed by atoms with Crippen LogP contribution in [0.1, 0.15) is 28.3 Å². The van der Waals surface area contributed by atoms with Gasteiger partial charge < -0.3 is 10.1 Å². The number of fused-ring (bicyclic) bond motifs is 1. The Balaban J connectivity index is 2.11. The number of benzene rings is 2. The van der Waals surface area contributed by atoms with Gasteiger partial charge in [-0.15, -0.1) is 0 Å². The summed E-state index contributed by atoms with van der Waals surface area (Å²) in [7, 11) is 1.74. The van der Waals surface area contributed by atoms with Gasteiger partial charge in [0.1, 0.15) is 5.75 Å². The molecular formula is C17H19NO. The number of rotatable bonds is 2. The van der Waals surface area contributed by atoms with E-state index in [0.29, 0.717) is 0 Å². The van der Waals surface area contributed by atoms with Crippen LogP contribution in [-0.4, -0.2) is 13.7 Å². The predicted octanol–water partition coefficient (Wildman–Crippen LogP) is 3.24. The molecule has 1 N–H and O–H groups in total. The molecule has 0 aliphatic carbocycles. The largest absolute Gasteiger partial charge is 0.496 e. The zero-order valence-electron chi connectivity index (χ0n) is 11.4. The number of aryl methyl sites for hydroxylation is 1. The average molecular weight is 253 g/mol. The number of hydrogen-bond acceptors (Lipinski definition) is 2. The predicted molar refractivity (Wildman–Crippen MR) is 77.7 cm³/mol. The van der Waals surface area contributed by atoms with Crippen molar-refractivity contribution in [3.8, 4) is 5.75 Å². The molecule has 2 heteroatoms. The van der Waals surface area contributed by atoms with Gasteiger partial charge in [0.2, 0.25) is 0 Å². The number of methoxy groups -OCH3 is 1. The Bertz CT molecular complexity index is 592. The normalized spacial score (nSPS) is 17.9. The van der Waals surface area contributed by atoms with Crippen molar-refractivity contribution < 1.29 is 4.74 Å². The first-order valence-corrected chi connectivity index (χ1v) is 6.75. The third-order valence-electron chi connectivity index (χ3n) is 3.81. The zero-order valence-corrected chi connectivity index (χ0v) is 11.4. The molecular weight excluding hydrogens is 234 g/mol. The van der Waals surface area contributed by atoms with Crippen LogP contribution < -0.4 is 10.1 Å². The molecule has 0 fully saturated rings. The first-order chi connectivity index (χ1) is 9.29. The summed E-state index contributed by atoms with van der Waals surface area (Å²) in [5, 5.41) is 3.61. The molecule has 0 saturated heterocycles. The van der Waals surface area contributed by atoms with E-state index in [4.69, 9.17) is 4.74 Å². The van der Waals surface area contributed by atoms with E-state index in [0.717, 1.165) is 18.7 Å². The summed E-state index contributed by atoms with van der Waals surface area (Å²) in [5.74, 6) is 0.958. The van der Waals surface area contributed by atoms with Crippen LogP contribution in [0, 0.1) is 6.92 Å². The summed E-state index contributed by atoms with van der Waals surface area (Å²) >= 11 is 0. The first-order valence-electron chi connectivity index (χ1n) is 6.75. The molecule has 2 aromatic rings. The minimum Gasteiger partial charge on any atom is -0.496 e. The molecule has 0 bridgehead atoms. The molecule has 19 heavy (non-hydrogen) atoms. The lowest BCUT2D eigenvalue weighted by Gasteiger charge is -2.28. The molecule has 1 heterocycles. The molecule has 1 aliphatic heterocycles. The summed E-state index contributed by atoms with van der Waals surface area (Å²) < 4.78 is 5.53. The highest BCUT2D eigenvalue weighted by Gasteiger charge is 2.23. The van der Waals surface area contributed by atoms with Crippen molar-refractivity contribution in [2.45, 2.75) is 19.4 Å². The van der Waals surface area contributed by atoms with Gasteiger partial charge in [-0.1, -0.05) is 42.0 Å². The summed E-state index contributed by atoms with van der Waals surface area (Å²) in [6, 6.07) is 15.3. The second-order valence-electron chi connectivity index (χ2n) is 5.08. The Morgan fingerprint density at radius 2 is 1.95 bits per heavy atom. The standard InChI is InChI=1S/C17H19NO/c1-12-7-8-16(19-2)15(11-12)17-14-6-4-3-5-13(14)9-10-18-17/h3-8,11,17-18H,9-10H2,1-2H3. The van der Waals surface area contributed by atoms with Crippen molar-refractivity contribution in [2.24, 2.45) is 0 Å². The molecule has 2 aromatic carbocycles. The van der Waals surface area contributed by atoms with Gasteiger partial charge in [-0.05, 0) is 30.5 Å². The third kappa shape index (κ3) is 2.24. The van der Waals surface area contributed by atoms with E-state index in [2.05, 4.69) is 54.7 Å².